The third-order valence-electron chi connectivity index (χ3n) is 3.59. The summed E-state index contributed by atoms with van der Waals surface area (Å²) in [6, 6.07) is 14.7. The van der Waals surface area contributed by atoms with Crippen LogP contribution in [0.5, 0.6) is 5.75 Å². The highest BCUT2D eigenvalue weighted by Crippen LogP contribution is 2.24. The van der Waals surface area contributed by atoms with Crippen LogP contribution < -0.4 is 10.1 Å². The Morgan fingerprint density at radius 1 is 1.12 bits per heavy atom. The van der Waals surface area contributed by atoms with E-state index < -0.39 is 22.0 Å². The molecule has 0 aliphatic carbocycles. The molecule has 0 saturated heterocycles. The molecule has 0 fully saturated rings. The minimum atomic E-state index is -3.55. The van der Waals surface area contributed by atoms with E-state index in [0.717, 1.165) is 10.6 Å². The maximum atomic E-state index is 12.7. The first kappa shape index (κ1) is 18.0. The summed E-state index contributed by atoms with van der Waals surface area (Å²) in [5, 5.41) is 2.74. The molecule has 0 aromatic heterocycles. The number of carbonyl (C=O) groups is 1. The fourth-order valence-corrected chi connectivity index (χ4v) is 2.87. The van der Waals surface area contributed by atoms with E-state index in [1.165, 1.54) is 14.2 Å². The molecule has 1 N–H and O–H groups in total. The third-order valence-corrected chi connectivity index (χ3v) is 4.84. The van der Waals surface area contributed by atoms with Gasteiger partial charge in [0.1, 0.15) is 11.8 Å². The highest BCUT2D eigenvalue weighted by atomic mass is 32.2. The van der Waals surface area contributed by atoms with Gasteiger partial charge in [0, 0.05) is 18.8 Å². The normalized spacial score (nSPS) is 12.7. The zero-order valence-electron chi connectivity index (χ0n) is 13.8. The first-order chi connectivity index (χ1) is 11.3. The minimum absolute atomic E-state index is 0.442. The van der Waals surface area contributed by atoms with Crippen LogP contribution in [-0.4, -0.2) is 39.0 Å². The molecule has 0 bridgehead atoms. The Balaban J connectivity index is 2.34. The van der Waals surface area contributed by atoms with Crippen LogP contribution in [0.25, 0.3) is 0 Å². The number of hydrogen-bond donors (Lipinski definition) is 1. The SMILES string of the molecule is COc1cccc(NC(=O)[C@H](c2ccccc2)N(C)S(C)(=O)=O)c1. The number of nitrogens with zero attached hydrogens (tertiary/aromatic N) is 1. The van der Waals surface area contributed by atoms with Crippen LogP contribution in [0.4, 0.5) is 5.69 Å². The van der Waals surface area contributed by atoms with E-state index in [0.29, 0.717) is 17.0 Å². The lowest BCUT2D eigenvalue weighted by atomic mass is 10.1. The van der Waals surface area contributed by atoms with Crippen LogP contribution in [0.15, 0.2) is 54.6 Å². The van der Waals surface area contributed by atoms with E-state index in [1.807, 2.05) is 0 Å². The molecule has 0 aliphatic rings. The summed E-state index contributed by atoms with van der Waals surface area (Å²) in [5.41, 5.74) is 1.12. The number of benzene rings is 2. The summed E-state index contributed by atoms with van der Waals surface area (Å²) < 4.78 is 30.0. The molecule has 24 heavy (non-hydrogen) atoms. The van der Waals surface area contributed by atoms with Gasteiger partial charge >= 0.3 is 0 Å². The van der Waals surface area contributed by atoms with Gasteiger partial charge in [-0.25, -0.2) is 8.42 Å². The van der Waals surface area contributed by atoms with Crippen LogP contribution in [-0.2, 0) is 14.8 Å². The van der Waals surface area contributed by atoms with Gasteiger partial charge < -0.3 is 10.1 Å². The molecule has 0 radical (unpaired) electrons. The number of methoxy groups -OCH3 is 1. The Labute approximate surface area is 142 Å². The topological polar surface area (TPSA) is 75.7 Å². The standard InChI is InChI=1S/C17H20N2O4S/c1-19(24(3,21)22)16(13-8-5-4-6-9-13)17(20)18-14-10-7-11-15(12-14)23-2/h4-12,16H,1-3H3,(H,18,20)/t16-/m0/s1. The molecule has 2 aromatic carbocycles. The van der Waals surface area contributed by atoms with Crippen molar-refractivity contribution in [3.63, 3.8) is 0 Å². The molecule has 0 spiro atoms. The van der Waals surface area contributed by atoms with Crippen LogP contribution >= 0.6 is 0 Å². The van der Waals surface area contributed by atoms with Crippen molar-refractivity contribution in [3.8, 4) is 5.75 Å². The first-order valence-corrected chi connectivity index (χ1v) is 9.10. The van der Waals surface area contributed by atoms with Crippen molar-refractivity contribution in [1.29, 1.82) is 0 Å². The number of amides is 1. The largest absolute Gasteiger partial charge is 0.497 e. The highest BCUT2D eigenvalue weighted by molar-refractivity contribution is 7.88. The molecule has 7 heteroatoms. The van der Waals surface area contributed by atoms with E-state index in [2.05, 4.69) is 5.32 Å². The van der Waals surface area contributed by atoms with Crippen LogP contribution in [0.3, 0.4) is 0 Å². The van der Waals surface area contributed by atoms with Gasteiger partial charge in [0.25, 0.3) is 0 Å². The minimum Gasteiger partial charge on any atom is -0.497 e. The van der Waals surface area contributed by atoms with E-state index in [9.17, 15) is 13.2 Å². The zero-order chi connectivity index (χ0) is 17.7. The van der Waals surface area contributed by atoms with Gasteiger partial charge in [-0.3, -0.25) is 4.79 Å². The van der Waals surface area contributed by atoms with Crippen LogP contribution in [0.2, 0.25) is 0 Å². The number of sulfonamides is 1. The lowest BCUT2D eigenvalue weighted by molar-refractivity contribution is -0.119. The maximum Gasteiger partial charge on any atom is 0.247 e. The number of ether oxygens (including phenoxy) is 1. The molecular weight excluding hydrogens is 328 g/mol. The molecular formula is C17H20N2O4S. The van der Waals surface area contributed by atoms with Gasteiger partial charge in [0.15, 0.2) is 0 Å². The van der Waals surface area contributed by atoms with Gasteiger partial charge in [-0.1, -0.05) is 36.4 Å². The van der Waals surface area contributed by atoms with E-state index >= 15 is 0 Å². The van der Waals surface area contributed by atoms with Crippen molar-refractivity contribution in [3.05, 3.63) is 60.2 Å². The average Bonchev–Trinajstić information content (AvgIpc) is 2.55. The van der Waals surface area contributed by atoms with Crippen LogP contribution in [0.1, 0.15) is 11.6 Å². The molecule has 6 nitrogen and oxygen atoms in total. The number of nitrogens with one attached hydrogen (secondary N) is 1. The molecule has 128 valence electrons. The lowest BCUT2D eigenvalue weighted by Gasteiger charge is -2.25. The quantitative estimate of drug-likeness (QED) is 0.869. The molecule has 1 atom stereocenters. The molecule has 2 rings (SSSR count). The van der Waals surface area contributed by atoms with Crippen molar-refractivity contribution in [2.24, 2.45) is 0 Å². The third kappa shape index (κ3) is 4.33. The second-order valence-corrected chi connectivity index (χ2v) is 7.36. The van der Waals surface area contributed by atoms with Gasteiger partial charge in [-0.05, 0) is 17.7 Å². The summed E-state index contributed by atoms with van der Waals surface area (Å²) in [4.78, 5) is 12.7. The van der Waals surface area contributed by atoms with Crippen molar-refractivity contribution in [2.45, 2.75) is 6.04 Å². The van der Waals surface area contributed by atoms with Crippen molar-refractivity contribution in [2.75, 3.05) is 25.7 Å². The Morgan fingerprint density at radius 3 is 2.38 bits per heavy atom. The fourth-order valence-electron chi connectivity index (χ4n) is 2.26. The van der Waals surface area contributed by atoms with Crippen molar-refractivity contribution < 1.29 is 17.9 Å². The summed E-state index contributed by atoms with van der Waals surface area (Å²) in [7, 11) is -0.633. The maximum absolute atomic E-state index is 12.7. The second-order valence-electron chi connectivity index (χ2n) is 5.31. The summed E-state index contributed by atoms with van der Waals surface area (Å²) >= 11 is 0. The van der Waals surface area contributed by atoms with Gasteiger partial charge in [0.05, 0.1) is 13.4 Å². The fraction of sp³-hybridized carbons (Fsp3) is 0.235. The number of anilines is 1. The smallest absolute Gasteiger partial charge is 0.247 e. The Bertz CT molecular complexity index is 806. The number of likely N-dealkylation sites (N-methyl/N-ethyl adjacent to an activating group) is 1. The molecule has 0 saturated carbocycles. The van der Waals surface area contributed by atoms with E-state index in [4.69, 9.17) is 4.74 Å². The molecule has 0 heterocycles. The first-order valence-electron chi connectivity index (χ1n) is 7.26. The zero-order valence-corrected chi connectivity index (χ0v) is 14.6. The second kappa shape index (κ2) is 7.46. The monoisotopic (exact) mass is 348 g/mol. The predicted molar refractivity (Wildman–Crippen MR) is 93.4 cm³/mol. The van der Waals surface area contributed by atoms with Gasteiger partial charge in [-0.2, -0.15) is 4.31 Å². The predicted octanol–water partition coefficient (Wildman–Crippen LogP) is 2.27. The average molecular weight is 348 g/mol. The summed E-state index contributed by atoms with van der Waals surface area (Å²) in [5.74, 6) is 0.155. The van der Waals surface area contributed by atoms with E-state index in [1.54, 1.807) is 54.6 Å². The molecule has 2 aromatic rings. The Kier molecular flexibility index (Phi) is 5.58. The molecule has 1 amide bonds. The van der Waals surface area contributed by atoms with Gasteiger partial charge in [-0.15, -0.1) is 0 Å². The number of carbonyl (C=O) groups excluding carboxylic acids is 1. The summed E-state index contributed by atoms with van der Waals surface area (Å²) in [6.45, 7) is 0. The number of hydrogen-bond acceptors (Lipinski definition) is 4. The van der Waals surface area contributed by atoms with E-state index in [-0.39, 0.29) is 0 Å². The number of rotatable bonds is 6. The highest BCUT2D eigenvalue weighted by Gasteiger charge is 2.30. The Hall–Kier alpha value is -2.38. The summed E-state index contributed by atoms with van der Waals surface area (Å²) in [6.07, 6.45) is 1.07. The lowest BCUT2D eigenvalue weighted by Crippen LogP contribution is -2.38. The Morgan fingerprint density at radius 2 is 1.79 bits per heavy atom. The molecule has 0 unspecified atom stereocenters. The van der Waals surface area contributed by atoms with Crippen molar-refractivity contribution in [1.82, 2.24) is 4.31 Å². The van der Waals surface area contributed by atoms with Crippen molar-refractivity contribution >= 4 is 21.6 Å². The van der Waals surface area contributed by atoms with Crippen LogP contribution in [0, 0.1) is 0 Å². The molecule has 0 aliphatic heterocycles. The van der Waals surface area contributed by atoms with Gasteiger partial charge in [0.2, 0.25) is 15.9 Å².